The van der Waals surface area contributed by atoms with Gasteiger partial charge in [-0.3, -0.25) is 4.79 Å². The van der Waals surface area contributed by atoms with Crippen LogP contribution in [0, 0.1) is 0 Å². The first-order valence-electron chi connectivity index (χ1n) is 12.4. The lowest BCUT2D eigenvalue weighted by atomic mass is 10.1. The highest BCUT2D eigenvalue weighted by Crippen LogP contribution is 2.51. The predicted octanol–water partition coefficient (Wildman–Crippen LogP) is 4.69. The maximum Gasteiger partial charge on any atom is 0.250 e. The maximum atomic E-state index is 12.5. The van der Waals surface area contributed by atoms with Crippen LogP contribution in [0.4, 0.5) is 11.4 Å². The van der Waals surface area contributed by atoms with E-state index in [9.17, 15) is 4.79 Å². The molecular weight excluding hydrogens is 460 g/mol. The fraction of sp³-hybridized carbons (Fsp3) is 0.370. The lowest BCUT2D eigenvalue weighted by molar-refractivity contribution is 0.122. The number of aromatic amines is 1. The number of aromatic nitrogens is 1. The van der Waals surface area contributed by atoms with Crippen LogP contribution in [0.3, 0.4) is 0 Å². The van der Waals surface area contributed by atoms with Crippen LogP contribution >= 0.6 is 11.8 Å². The van der Waals surface area contributed by atoms with E-state index < -0.39 is 0 Å². The second kappa shape index (κ2) is 9.97. The number of nitrogens with one attached hydrogen (secondary N) is 3. The van der Waals surface area contributed by atoms with Crippen LogP contribution in [0.2, 0.25) is 0 Å². The van der Waals surface area contributed by atoms with Crippen LogP contribution in [0.1, 0.15) is 19.3 Å². The van der Waals surface area contributed by atoms with Crippen molar-refractivity contribution in [3.8, 4) is 22.8 Å². The molecule has 0 aliphatic carbocycles. The molecular formula is C27H30N4O3S. The van der Waals surface area contributed by atoms with E-state index in [0.717, 1.165) is 76.5 Å². The molecule has 2 fully saturated rings. The Morgan fingerprint density at radius 1 is 1.00 bits per heavy atom. The summed E-state index contributed by atoms with van der Waals surface area (Å²) in [7, 11) is 0. The van der Waals surface area contributed by atoms with E-state index in [2.05, 4.69) is 38.7 Å². The molecule has 6 rings (SSSR count). The summed E-state index contributed by atoms with van der Waals surface area (Å²) in [6.45, 7) is 5.07. The molecule has 3 N–H and O–H groups in total. The topological polar surface area (TPSA) is 78.6 Å². The number of nitrogens with zero attached hydrogens (tertiary/aromatic N) is 1. The van der Waals surface area contributed by atoms with Crippen LogP contribution in [0.25, 0.3) is 11.3 Å². The number of rotatable bonds is 4. The van der Waals surface area contributed by atoms with Crippen molar-refractivity contribution in [1.82, 2.24) is 10.3 Å². The van der Waals surface area contributed by atoms with E-state index in [0.29, 0.717) is 19.3 Å². The zero-order valence-corrected chi connectivity index (χ0v) is 20.5. The number of fused-ring (bicyclic) bond motifs is 2. The van der Waals surface area contributed by atoms with Crippen LogP contribution in [0.5, 0.6) is 11.5 Å². The molecule has 1 aromatic heterocycles. The molecule has 2 saturated heterocycles. The van der Waals surface area contributed by atoms with E-state index >= 15 is 0 Å². The Bertz CT molecular complexity index is 1260. The predicted molar refractivity (Wildman–Crippen MR) is 140 cm³/mol. The lowest BCUT2D eigenvalue weighted by Crippen LogP contribution is -2.36. The van der Waals surface area contributed by atoms with Gasteiger partial charge in [-0.25, -0.2) is 0 Å². The molecule has 0 spiro atoms. The number of hydrogen-bond donors (Lipinski definition) is 3. The Balaban J connectivity index is 1.27. The first kappa shape index (κ1) is 22.5. The number of hydrogen-bond acceptors (Lipinski definition) is 7. The average molecular weight is 491 g/mol. The molecule has 0 bridgehead atoms. The normalized spacial score (nSPS) is 19.8. The fourth-order valence-corrected chi connectivity index (χ4v) is 6.01. The molecule has 3 aliphatic heterocycles. The third-order valence-electron chi connectivity index (χ3n) is 6.80. The zero-order valence-electron chi connectivity index (χ0n) is 19.6. The quantitative estimate of drug-likeness (QED) is 0.383. The van der Waals surface area contributed by atoms with Crippen molar-refractivity contribution < 1.29 is 9.47 Å². The van der Waals surface area contributed by atoms with Crippen molar-refractivity contribution in [2.75, 3.05) is 49.6 Å². The van der Waals surface area contributed by atoms with Gasteiger partial charge >= 0.3 is 0 Å². The minimum absolute atomic E-state index is 0.116. The zero-order chi connectivity index (χ0) is 23.6. The Kier molecular flexibility index (Phi) is 6.41. The van der Waals surface area contributed by atoms with Crippen LogP contribution in [-0.4, -0.2) is 50.4 Å². The number of morpholine rings is 1. The molecule has 3 aromatic rings. The van der Waals surface area contributed by atoms with Crippen molar-refractivity contribution in [2.45, 2.75) is 35.1 Å². The Morgan fingerprint density at radius 3 is 2.83 bits per heavy atom. The van der Waals surface area contributed by atoms with E-state index in [-0.39, 0.29) is 5.56 Å². The largest absolute Gasteiger partial charge is 0.454 e. The summed E-state index contributed by atoms with van der Waals surface area (Å²) in [5.41, 5.74) is 3.59. The second-order valence-electron chi connectivity index (χ2n) is 9.24. The first-order valence-corrected chi connectivity index (χ1v) is 13.2. The average Bonchev–Trinajstić information content (AvgIpc) is 3.16. The molecule has 0 saturated carbocycles. The Morgan fingerprint density at radius 2 is 1.91 bits per heavy atom. The number of ether oxygens (including phenoxy) is 2. The molecule has 1 atom stereocenters. The van der Waals surface area contributed by atoms with Gasteiger partial charge in [-0.05, 0) is 68.8 Å². The number of para-hydroxylation sites is 1. The summed E-state index contributed by atoms with van der Waals surface area (Å²) in [6, 6.07) is 16.6. The first-order chi connectivity index (χ1) is 17.2. The molecule has 1 unspecified atom stereocenters. The molecule has 0 amide bonds. The van der Waals surface area contributed by atoms with Gasteiger partial charge < -0.3 is 30.0 Å². The monoisotopic (exact) mass is 490 g/mol. The maximum absolute atomic E-state index is 12.5. The van der Waals surface area contributed by atoms with Gasteiger partial charge in [0.1, 0.15) is 5.75 Å². The second-order valence-corrected chi connectivity index (χ2v) is 10.3. The van der Waals surface area contributed by atoms with Crippen LogP contribution in [0.15, 0.2) is 63.1 Å². The fourth-order valence-electron chi connectivity index (χ4n) is 4.98. The molecule has 0 radical (unpaired) electrons. The molecule has 182 valence electrons. The molecule has 35 heavy (non-hydrogen) atoms. The summed E-state index contributed by atoms with van der Waals surface area (Å²) < 4.78 is 11.9. The highest BCUT2D eigenvalue weighted by molar-refractivity contribution is 7.99. The van der Waals surface area contributed by atoms with E-state index in [4.69, 9.17) is 9.47 Å². The summed E-state index contributed by atoms with van der Waals surface area (Å²) in [6.07, 6.45) is 3.52. The smallest absolute Gasteiger partial charge is 0.250 e. The summed E-state index contributed by atoms with van der Waals surface area (Å²) >= 11 is 1.71. The number of H-pyrrole nitrogens is 1. The lowest BCUT2D eigenvalue weighted by Gasteiger charge is -2.29. The highest BCUT2D eigenvalue weighted by Gasteiger charge is 2.23. The van der Waals surface area contributed by atoms with Gasteiger partial charge in [-0.2, -0.15) is 0 Å². The third-order valence-corrected chi connectivity index (χ3v) is 7.88. The van der Waals surface area contributed by atoms with Gasteiger partial charge in [-0.1, -0.05) is 17.8 Å². The number of benzene rings is 2. The van der Waals surface area contributed by atoms with Crippen molar-refractivity contribution in [3.05, 3.63) is 58.9 Å². The summed E-state index contributed by atoms with van der Waals surface area (Å²) in [5.74, 6) is 1.63. The minimum Gasteiger partial charge on any atom is -0.454 e. The summed E-state index contributed by atoms with van der Waals surface area (Å²) in [5, 5.41) is 7.19. The number of pyridine rings is 1. The molecule has 3 aliphatic rings. The molecule has 8 heteroatoms. The standard InChI is InChI=1S/C27H30N4O3S/c32-26-17-20(31-11-13-33-14-12-31)16-22(30-26)21-4-1-5-24-27(21)34-23-7-6-19(15-25(23)35-24)29-18-3-2-9-28-10-8-18/h1,4-7,15-18,28-29H,2-3,8-14H2,(H,30,32). The molecule has 7 nitrogen and oxygen atoms in total. The van der Waals surface area contributed by atoms with Gasteiger partial charge in [-0.15, -0.1) is 0 Å². The third kappa shape index (κ3) is 4.91. The van der Waals surface area contributed by atoms with Crippen LogP contribution in [-0.2, 0) is 4.74 Å². The van der Waals surface area contributed by atoms with Crippen LogP contribution < -0.4 is 25.8 Å². The van der Waals surface area contributed by atoms with E-state index in [1.165, 1.54) is 12.8 Å². The minimum atomic E-state index is -0.116. The Hall–Kier alpha value is -2.94. The molecule has 2 aromatic carbocycles. The summed E-state index contributed by atoms with van der Waals surface area (Å²) in [4.78, 5) is 19.9. The van der Waals surface area contributed by atoms with Gasteiger partial charge in [0, 0.05) is 42.1 Å². The number of anilines is 2. The van der Waals surface area contributed by atoms with Crippen molar-refractivity contribution in [3.63, 3.8) is 0 Å². The van der Waals surface area contributed by atoms with Gasteiger partial charge in [0.25, 0.3) is 0 Å². The van der Waals surface area contributed by atoms with Gasteiger partial charge in [0.05, 0.1) is 28.7 Å². The molecule has 4 heterocycles. The van der Waals surface area contributed by atoms with Gasteiger partial charge in [0.15, 0.2) is 5.75 Å². The van der Waals surface area contributed by atoms with Gasteiger partial charge in [0.2, 0.25) is 5.56 Å². The SMILES string of the molecule is O=c1cc(N2CCOCC2)cc(-c2cccc3c2Oc2ccc(NC4CCCNCC4)cc2S3)[nH]1. The Labute approximate surface area is 209 Å². The van der Waals surface area contributed by atoms with Crippen molar-refractivity contribution in [1.29, 1.82) is 0 Å². The van der Waals surface area contributed by atoms with E-state index in [1.807, 2.05) is 24.3 Å². The van der Waals surface area contributed by atoms with Crippen molar-refractivity contribution >= 4 is 23.1 Å². The van der Waals surface area contributed by atoms with E-state index in [1.54, 1.807) is 17.8 Å². The van der Waals surface area contributed by atoms with Crippen molar-refractivity contribution in [2.24, 2.45) is 0 Å². The highest BCUT2D eigenvalue weighted by atomic mass is 32.2.